The summed E-state index contributed by atoms with van der Waals surface area (Å²) in [7, 11) is 1.24. The number of rotatable bonds is 3. The van der Waals surface area contributed by atoms with Crippen molar-refractivity contribution in [1.82, 2.24) is 0 Å². The number of nitrogens with two attached hydrogens (primary N) is 1. The first-order valence-electron chi connectivity index (χ1n) is 2.33. The molecule has 4 nitrogen and oxygen atoms in total. The molecule has 0 amide bonds. The molecule has 0 aromatic heterocycles. The molecule has 1 atom stereocenters. The van der Waals surface area contributed by atoms with Crippen LogP contribution in [-0.4, -0.2) is 24.9 Å². The maximum atomic E-state index is 10.5. The molecular formula is C4H9NO3S. The second-order valence-electron chi connectivity index (χ2n) is 1.36. The van der Waals surface area contributed by atoms with Crippen LogP contribution in [0.25, 0.3) is 0 Å². The Morgan fingerprint density at radius 3 is 2.78 bits per heavy atom. The molecule has 0 spiro atoms. The van der Waals surface area contributed by atoms with Gasteiger partial charge in [-0.25, -0.2) is 4.79 Å². The molecular weight excluding hydrogens is 142 g/mol. The molecule has 2 N–H and O–H groups in total. The van der Waals surface area contributed by atoms with Gasteiger partial charge in [-0.1, -0.05) is 0 Å². The molecule has 0 aromatic rings. The van der Waals surface area contributed by atoms with E-state index in [2.05, 4.69) is 22.4 Å². The van der Waals surface area contributed by atoms with Crippen molar-refractivity contribution in [1.29, 1.82) is 0 Å². The topological polar surface area (TPSA) is 61.5 Å². The second kappa shape index (κ2) is 4.60. The minimum atomic E-state index is -0.701. The fraction of sp³-hybridized carbons (Fsp3) is 0.750. The Balaban J connectivity index is 3.46. The van der Waals surface area contributed by atoms with Gasteiger partial charge in [0.15, 0.2) is 0 Å². The smallest absolute Gasteiger partial charge is 0.318 e. The van der Waals surface area contributed by atoms with Crippen molar-refractivity contribution < 1.29 is 14.6 Å². The molecule has 0 aliphatic carbocycles. The quantitative estimate of drug-likeness (QED) is 0.319. The van der Waals surface area contributed by atoms with Gasteiger partial charge < -0.3 is 5.73 Å². The van der Waals surface area contributed by atoms with Gasteiger partial charge in [0.05, 0.1) is 7.11 Å². The standard InChI is InChI=1S/C4H9NO3S/c1-7-8-4(6)3(5)2-9/h3,9H,2,5H2,1H3. The second-order valence-corrected chi connectivity index (χ2v) is 1.72. The van der Waals surface area contributed by atoms with Crippen molar-refractivity contribution in [2.45, 2.75) is 6.04 Å². The van der Waals surface area contributed by atoms with Crippen LogP contribution in [0.4, 0.5) is 0 Å². The maximum absolute atomic E-state index is 10.5. The van der Waals surface area contributed by atoms with Crippen molar-refractivity contribution in [3.63, 3.8) is 0 Å². The molecule has 0 saturated heterocycles. The average Bonchev–Trinajstić information content (AvgIpc) is 1.87. The van der Waals surface area contributed by atoms with Gasteiger partial charge in [-0.2, -0.15) is 17.5 Å². The summed E-state index contributed by atoms with van der Waals surface area (Å²) >= 11 is 3.77. The number of carbonyl (C=O) groups is 1. The summed E-state index contributed by atoms with van der Waals surface area (Å²) in [5, 5.41) is 0. The van der Waals surface area contributed by atoms with Crippen LogP contribution in [0.15, 0.2) is 0 Å². The fourth-order valence-corrected chi connectivity index (χ4v) is 0.368. The molecule has 0 aliphatic rings. The first kappa shape index (κ1) is 8.74. The van der Waals surface area contributed by atoms with Gasteiger partial charge in [-0.15, -0.1) is 0 Å². The van der Waals surface area contributed by atoms with Crippen LogP contribution in [0.3, 0.4) is 0 Å². The van der Waals surface area contributed by atoms with Crippen LogP contribution >= 0.6 is 12.6 Å². The third kappa shape index (κ3) is 3.34. The Bertz CT molecular complexity index is 97.8. The van der Waals surface area contributed by atoms with E-state index in [1.54, 1.807) is 0 Å². The van der Waals surface area contributed by atoms with Gasteiger partial charge in [-0.3, -0.25) is 4.89 Å². The van der Waals surface area contributed by atoms with Gasteiger partial charge in [0, 0.05) is 5.75 Å². The van der Waals surface area contributed by atoms with Crippen LogP contribution in [-0.2, 0) is 14.6 Å². The van der Waals surface area contributed by atoms with Crippen LogP contribution in [0.1, 0.15) is 0 Å². The molecule has 1 unspecified atom stereocenters. The molecule has 0 heterocycles. The summed E-state index contributed by atoms with van der Waals surface area (Å²) in [5.41, 5.74) is 5.17. The van der Waals surface area contributed by atoms with Crippen LogP contribution in [0, 0.1) is 0 Å². The van der Waals surface area contributed by atoms with E-state index in [1.165, 1.54) is 7.11 Å². The summed E-state index contributed by atoms with van der Waals surface area (Å²) in [6, 6.07) is -0.701. The van der Waals surface area contributed by atoms with Crippen LogP contribution < -0.4 is 5.73 Å². The Kier molecular flexibility index (Phi) is 4.47. The van der Waals surface area contributed by atoms with Crippen molar-refractivity contribution in [3.8, 4) is 0 Å². The molecule has 0 radical (unpaired) electrons. The lowest BCUT2D eigenvalue weighted by atomic mass is 10.4. The lowest BCUT2D eigenvalue weighted by molar-refractivity contribution is -0.255. The average molecular weight is 151 g/mol. The van der Waals surface area contributed by atoms with E-state index in [0.29, 0.717) is 0 Å². The van der Waals surface area contributed by atoms with Crippen molar-refractivity contribution >= 4 is 18.6 Å². The predicted octanol–water partition coefficient (Wildman–Crippen LogP) is -0.652. The van der Waals surface area contributed by atoms with Crippen molar-refractivity contribution in [3.05, 3.63) is 0 Å². The van der Waals surface area contributed by atoms with Gasteiger partial charge >= 0.3 is 5.97 Å². The van der Waals surface area contributed by atoms with E-state index >= 15 is 0 Å². The predicted molar refractivity (Wildman–Crippen MR) is 34.9 cm³/mol. The minimum Gasteiger partial charge on any atom is -0.318 e. The Morgan fingerprint density at radius 1 is 1.89 bits per heavy atom. The Morgan fingerprint density at radius 2 is 2.44 bits per heavy atom. The molecule has 0 bridgehead atoms. The highest BCUT2D eigenvalue weighted by atomic mass is 32.1. The van der Waals surface area contributed by atoms with Crippen LogP contribution in [0.2, 0.25) is 0 Å². The highest BCUT2D eigenvalue weighted by Gasteiger charge is 2.12. The molecule has 0 saturated carbocycles. The minimum absolute atomic E-state index is 0.252. The maximum Gasteiger partial charge on any atom is 0.359 e. The molecule has 0 fully saturated rings. The van der Waals surface area contributed by atoms with E-state index < -0.39 is 12.0 Å². The molecule has 0 aliphatic heterocycles. The lowest BCUT2D eigenvalue weighted by Gasteiger charge is -2.03. The fourth-order valence-electron chi connectivity index (χ4n) is 0.218. The number of carbonyl (C=O) groups excluding carboxylic acids is 1. The summed E-state index contributed by atoms with van der Waals surface area (Å²) in [4.78, 5) is 18.6. The third-order valence-corrected chi connectivity index (χ3v) is 1.06. The van der Waals surface area contributed by atoms with Crippen molar-refractivity contribution in [2.75, 3.05) is 12.9 Å². The van der Waals surface area contributed by atoms with E-state index in [9.17, 15) is 4.79 Å². The van der Waals surface area contributed by atoms with Crippen molar-refractivity contribution in [2.24, 2.45) is 5.73 Å². The lowest BCUT2D eigenvalue weighted by Crippen LogP contribution is -2.33. The van der Waals surface area contributed by atoms with Gasteiger partial charge in [0.1, 0.15) is 6.04 Å². The summed E-state index contributed by atoms with van der Waals surface area (Å²) in [5.74, 6) is -0.352. The van der Waals surface area contributed by atoms with E-state index in [0.717, 1.165) is 0 Å². The van der Waals surface area contributed by atoms with Gasteiger partial charge in [0.2, 0.25) is 0 Å². The summed E-state index contributed by atoms with van der Waals surface area (Å²) in [6.07, 6.45) is 0. The van der Waals surface area contributed by atoms with Crippen LogP contribution in [0.5, 0.6) is 0 Å². The Hall–Kier alpha value is -0.260. The zero-order valence-corrected chi connectivity index (χ0v) is 5.93. The number of hydrogen-bond donors (Lipinski definition) is 2. The number of thiol groups is 1. The van der Waals surface area contributed by atoms with E-state index in [-0.39, 0.29) is 5.75 Å². The summed E-state index contributed by atoms with van der Waals surface area (Å²) < 4.78 is 0. The number of hydrogen-bond acceptors (Lipinski definition) is 5. The summed E-state index contributed by atoms with van der Waals surface area (Å²) in [6.45, 7) is 0. The highest BCUT2D eigenvalue weighted by Crippen LogP contribution is 1.87. The normalized spacial score (nSPS) is 12.8. The van der Waals surface area contributed by atoms with Gasteiger partial charge in [0.25, 0.3) is 0 Å². The van der Waals surface area contributed by atoms with E-state index in [1.807, 2.05) is 0 Å². The zero-order chi connectivity index (χ0) is 7.28. The van der Waals surface area contributed by atoms with Gasteiger partial charge in [-0.05, 0) is 0 Å². The highest BCUT2D eigenvalue weighted by molar-refractivity contribution is 7.80. The monoisotopic (exact) mass is 151 g/mol. The first-order chi connectivity index (χ1) is 4.22. The molecule has 54 valence electrons. The molecule has 0 rings (SSSR count). The molecule has 5 heteroatoms. The SMILES string of the molecule is COOC(=O)C(N)CS. The zero-order valence-electron chi connectivity index (χ0n) is 5.03. The largest absolute Gasteiger partial charge is 0.359 e. The van der Waals surface area contributed by atoms with E-state index in [4.69, 9.17) is 5.73 Å². The third-order valence-electron chi connectivity index (χ3n) is 0.665. The Labute approximate surface area is 58.6 Å². The molecule has 0 aromatic carbocycles. The first-order valence-corrected chi connectivity index (χ1v) is 2.96. The molecule has 9 heavy (non-hydrogen) atoms.